The van der Waals surface area contributed by atoms with Crippen molar-refractivity contribution in [2.45, 2.75) is 39.2 Å². The van der Waals surface area contributed by atoms with Crippen LogP contribution in [0.15, 0.2) is 72.8 Å². The molecule has 0 bridgehead atoms. The fourth-order valence-electron chi connectivity index (χ4n) is 4.07. The van der Waals surface area contributed by atoms with Crippen LogP contribution in [0.1, 0.15) is 30.7 Å². The summed E-state index contributed by atoms with van der Waals surface area (Å²) in [6, 6.07) is 23.3. The molecule has 1 aromatic heterocycles. The van der Waals surface area contributed by atoms with Crippen molar-refractivity contribution in [3.63, 3.8) is 0 Å². The number of ether oxygens (including phenoxy) is 2. The second-order valence-corrected chi connectivity index (χ2v) is 9.17. The molecule has 0 radical (unpaired) electrons. The molecule has 188 valence electrons. The minimum Gasteiger partial charge on any atom is -0.492 e. The lowest BCUT2D eigenvalue weighted by atomic mass is 10.2. The predicted molar refractivity (Wildman–Crippen MR) is 144 cm³/mol. The number of imidazole rings is 1. The quantitative estimate of drug-likeness (QED) is 0.227. The molecule has 1 heterocycles. The van der Waals surface area contributed by atoms with Gasteiger partial charge in [-0.1, -0.05) is 42.3 Å². The smallest absolute Gasteiger partial charge is 0.257 e. The molecule has 4 aromatic rings. The first-order valence-corrected chi connectivity index (χ1v) is 12.7. The zero-order chi connectivity index (χ0) is 25.2. The molecule has 6 nitrogen and oxygen atoms in total. The fourth-order valence-corrected chi connectivity index (χ4v) is 4.20. The van der Waals surface area contributed by atoms with Crippen LogP contribution < -0.4 is 14.8 Å². The second-order valence-electron chi connectivity index (χ2n) is 8.74. The Hall–Kier alpha value is -3.51. The van der Waals surface area contributed by atoms with Crippen LogP contribution >= 0.6 is 11.6 Å². The molecule has 0 saturated carbocycles. The Morgan fingerprint density at radius 3 is 2.61 bits per heavy atom. The van der Waals surface area contributed by atoms with E-state index in [9.17, 15) is 4.79 Å². The van der Waals surface area contributed by atoms with Gasteiger partial charge < -0.3 is 19.4 Å². The van der Waals surface area contributed by atoms with Crippen molar-refractivity contribution < 1.29 is 14.3 Å². The number of fused-ring (bicyclic) bond motifs is 1. The molecular weight excluding hydrogens is 474 g/mol. The molecule has 7 heteroatoms. The SMILES string of the molecule is Cc1cccc(OCCn2c(CCCCCNC(=O)COc3ccc(Cl)cc3)nc3ccccc32)c1. The largest absolute Gasteiger partial charge is 0.492 e. The Morgan fingerprint density at radius 1 is 0.944 bits per heavy atom. The number of amides is 1. The van der Waals surface area contributed by atoms with Crippen LogP contribution in [0.5, 0.6) is 11.5 Å². The van der Waals surface area contributed by atoms with Gasteiger partial charge in [0.1, 0.15) is 23.9 Å². The second kappa shape index (κ2) is 13.0. The molecule has 0 fully saturated rings. The molecule has 0 unspecified atom stereocenters. The predicted octanol–water partition coefficient (Wildman–Crippen LogP) is 5.99. The zero-order valence-electron chi connectivity index (χ0n) is 20.6. The molecule has 4 rings (SSSR count). The van der Waals surface area contributed by atoms with Crippen molar-refractivity contribution in [1.82, 2.24) is 14.9 Å². The van der Waals surface area contributed by atoms with Gasteiger partial charge in [-0.25, -0.2) is 4.98 Å². The third kappa shape index (κ3) is 7.49. The standard InChI is InChI=1S/C29H32ClN3O3/c1-22-8-7-9-25(20-22)35-19-18-33-27-11-5-4-10-26(27)32-28(33)12-3-2-6-17-31-29(34)21-36-24-15-13-23(30)14-16-24/h4-5,7-11,13-16,20H,2-3,6,12,17-19,21H2,1H3,(H,31,34). The summed E-state index contributed by atoms with van der Waals surface area (Å²) in [7, 11) is 0. The molecule has 1 amide bonds. The molecule has 0 aliphatic heterocycles. The van der Waals surface area contributed by atoms with E-state index in [0.29, 0.717) is 23.9 Å². The van der Waals surface area contributed by atoms with Crippen molar-refractivity contribution in [2.24, 2.45) is 0 Å². The Labute approximate surface area is 217 Å². The van der Waals surface area contributed by atoms with Crippen LogP contribution in [0.25, 0.3) is 11.0 Å². The van der Waals surface area contributed by atoms with Gasteiger partial charge in [-0.2, -0.15) is 0 Å². The molecule has 36 heavy (non-hydrogen) atoms. The Bertz CT molecular complexity index is 1270. The Kier molecular flexibility index (Phi) is 9.22. The number of unbranched alkanes of at least 4 members (excludes halogenated alkanes) is 2. The number of para-hydroxylation sites is 2. The van der Waals surface area contributed by atoms with Crippen molar-refractivity contribution >= 4 is 28.5 Å². The normalized spacial score (nSPS) is 10.9. The average molecular weight is 506 g/mol. The van der Waals surface area contributed by atoms with Crippen LogP contribution in [-0.2, 0) is 17.8 Å². The van der Waals surface area contributed by atoms with Gasteiger partial charge in [0.15, 0.2) is 6.61 Å². The van der Waals surface area contributed by atoms with E-state index >= 15 is 0 Å². The lowest BCUT2D eigenvalue weighted by molar-refractivity contribution is -0.123. The van der Waals surface area contributed by atoms with Crippen molar-refractivity contribution in [3.05, 3.63) is 89.2 Å². The highest BCUT2D eigenvalue weighted by molar-refractivity contribution is 6.30. The lowest BCUT2D eigenvalue weighted by Gasteiger charge is -2.11. The van der Waals surface area contributed by atoms with Gasteiger partial charge in [0.25, 0.3) is 5.91 Å². The van der Waals surface area contributed by atoms with Crippen molar-refractivity contribution in [1.29, 1.82) is 0 Å². The van der Waals surface area contributed by atoms with E-state index in [-0.39, 0.29) is 12.5 Å². The van der Waals surface area contributed by atoms with Gasteiger partial charge in [0, 0.05) is 18.0 Å². The van der Waals surface area contributed by atoms with Gasteiger partial charge in [-0.3, -0.25) is 4.79 Å². The molecule has 0 atom stereocenters. The van der Waals surface area contributed by atoms with E-state index in [4.69, 9.17) is 26.1 Å². The summed E-state index contributed by atoms with van der Waals surface area (Å²) in [4.78, 5) is 16.9. The summed E-state index contributed by atoms with van der Waals surface area (Å²) < 4.78 is 13.7. The number of hydrogen-bond acceptors (Lipinski definition) is 4. The van der Waals surface area contributed by atoms with Gasteiger partial charge in [-0.15, -0.1) is 0 Å². The van der Waals surface area contributed by atoms with Crippen LogP contribution in [0.2, 0.25) is 5.02 Å². The van der Waals surface area contributed by atoms with E-state index in [0.717, 1.165) is 54.8 Å². The van der Waals surface area contributed by atoms with Gasteiger partial charge >= 0.3 is 0 Å². The number of halogens is 1. The number of aryl methyl sites for hydroxylation is 2. The number of carbonyl (C=O) groups excluding carboxylic acids is 1. The third-order valence-corrected chi connectivity index (χ3v) is 6.14. The number of hydrogen-bond donors (Lipinski definition) is 1. The van der Waals surface area contributed by atoms with Crippen molar-refractivity contribution in [3.8, 4) is 11.5 Å². The van der Waals surface area contributed by atoms with Gasteiger partial charge in [0.2, 0.25) is 0 Å². The minimum absolute atomic E-state index is 0.00369. The highest BCUT2D eigenvalue weighted by atomic mass is 35.5. The summed E-state index contributed by atoms with van der Waals surface area (Å²) in [5.41, 5.74) is 3.33. The molecule has 0 saturated heterocycles. The van der Waals surface area contributed by atoms with E-state index in [1.165, 1.54) is 5.56 Å². The molecule has 0 aliphatic carbocycles. The number of aromatic nitrogens is 2. The van der Waals surface area contributed by atoms with Crippen LogP contribution in [0, 0.1) is 6.92 Å². The summed E-state index contributed by atoms with van der Waals surface area (Å²) in [5, 5.41) is 3.55. The maximum Gasteiger partial charge on any atom is 0.257 e. The average Bonchev–Trinajstić information content (AvgIpc) is 3.23. The van der Waals surface area contributed by atoms with E-state index in [2.05, 4.69) is 41.1 Å². The Morgan fingerprint density at radius 2 is 1.78 bits per heavy atom. The first-order chi connectivity index (χ1) is 17.6. The summed E-state index contributed by atoms with van der Waals surface area (Å²) in [5.74, 6) is 2.47. The van der Waals surface area contributed by atoms with Crippen LogP contribution in [-0.4, -0.2) is 35.2 Å². The van der Waals surface area contributed by atoms with Crippen LogP contribution in [0.3, 0.4) is 0 Å². The summed E-state index contributed by atoms with van der Waals surface area (Å²) >= 11 is 5.86. The van der Waals surface area contributed by atoms with Gasteiger partial charge in [0.05, 0.1) is 17.6 Å². The van der Waals surface area contributed by atoms with Gasteiger partial charge in [-0.05, 0) is 73.9 Å². The maximum absolute atomic E-state index is 12.0. The molecule has 3 aromatic carbocycles. The third-order valence-electron chi connectivity index (χ3n) is 5.89. The highest BCUT2D eigenvalue weighted by Gasteiger charge is 2.10. The van der Waals surface area contributed by atoms with Crippen LogP contribution in [0.4, 0.5) is 0 Å². The molecular formula is C29H32ClN3O3. The highest BCUT2D eigenvalue weighted by Crippen LogP contribution is 2.19. The van der Waals surface area contributed by atoms with E-state index in [1.54, 1.807) is 24.3 Å². The van der Waals surface area contributed by atoms with Crippen molar-refractivity contribution in [2.75, 3.05) is 19.8 Å². The van der Waals surface area contributed by atoms with E-state index < -0.39 is 0 Å². The summed E-state index contributed by atoms with van der Waals surface area (Å²) in [6.07, 6.45) is 3.79. The van der Waals surface area contributed by atoms with E-state index in [1.807, 2.05) is 24.3 Å². The number of rotatable bonds is 13. The minimum atomic E-state index is -0.125. The first-order valence-electron chi connectivity index (χ1n) is 12.4. The number of benzene rings is 3. The first kappa shape index (κ1) is 25.6. The fraction of sp³-hybridized carbons (Fsp3) is 0.310. The lowest BCUT2D eigenvalue weighted by Crippen LogP contribution is -2.29. The topological polar surface area (TPSA) is 65.4 Å². The summed E-state index contributed by atoms with van der Waals surface area (Å²) in [6.45, 7) is 4.02. The molecule has 1 N–H and O–H groups in total. The molecule has 0 aliphatic rings. The Balaban J connectivity index is 1.20. The molecule has 0 spiro atoms. The maximum atomic E-state index is 12.0. The number of carbonyl (C=O) groups is 1. The monoisotopic (exact) mass is 505 g/mol. The number of nitrogens with one attached hydrogen (secondary N) is 1. The zero-order valence-corrected chi connectivity index (χ0v) is 21.3. The number of nitrogens with zero attached hydrogens (tertiary/aromatic N) is 2.